The van der Waals surface area contributed by atoms with Gasteiger partial charge in [0.15, 0.2) is 0 Å². The average molecular weight is 1210 g/mol. The Kier molecular flexibility index (Phi) is 73.4. The lowest BCUT2D eigenvalue weighted by Gasteiger charge is -2.20. The maximum absolute atomic E-state index is 12.5. The van der Waals surface area contributed by atoms with E-state index < -0.39 is 12.1 Å². The van der Waals surface area contributed by atoms with Gasteiger partial charge in [0.1, 0.15) is 0 Å². The molecule has 0 saturated carbocycles. The SMILES string of the molecule is CCCCC/C=C\C/C=C\CCCCCCCCCCCC(=O)OCCCCCCCCCCCCCC/C=C\CCCCCCCCCCCCCC(=O)NC(CO)C(O)/C=C/CCCCCCCCCCCCCCCCCCCCCCC. The van der Waals surface area contributed by atoms with Gasteiger partial charge in [0.05, 0.1) is 25.4 Å². The number of amides is 1. The van der Waals surface area contributed by atoms with Crippen LogP contribution in [-0.4, -0.2) is 47.4 Å². The van der Waals surface area contributed by atoms with E-state index in [9.17, 15) is 19.8 Å². The zero-order valence-corrected chi connectivity index (χ0v) is 58.1. The van der Waals surface area contributed by atoms with Crippen LogP contribution in [0.15, 0.2) is 48.6 Å². The number of carbonyl (C=O) groups excluding carboxylic acids is 2. The molecule has 2 atom stereocenters. The van der Waals surface area contributed by atoms with E-state index in [0.29, 0.717) is 19.4 Å². The second-order valence-corrected chi connectivity index (χ2v) is 26.7. The zero-order valence-electron chi connectivity index (χ0n) is 58.1. The lowest BCUT2D eigenvalue weighted by molar-refractivity contribution is -0.143. The molecule has 3 N–H and O–H groups in total. The van der Waals surface area contributed by atoms with Gasteiger partial charge >= 0.3 is 5.97 Å². The van der Waals surface area contributed by atoms with Gasteiger partial charge in [0, 0.05) is 12.8 Å². The summed E-state index contributed by atoms with van der Waals surface area (Å²) in [6.07, 6.45) is 99.3. The van der Waals surface area contributed by atoms with E-state index in [2.05, 4.69) is 55.6 Å². The van der Waals surface area contributed by atoms with Crippen LogP contribution in [0.1, 0.15) is 425 Å². The van der Waals surface area contributed by atoms with Crippen molar-refractivity contribution in [3.05, 3.63) is 48.6 Å². The number of ether oxygens (including phenoxy) is 1. The molecule has 0 aromatic carbocycles. The van der Waals surface area contributed by atoms with E-state index in [0.717, 1.165) is 51.4 Å². The van der Waals surface area contributed by atoms with Crippen LogP contribution < -0.4 is 5.32 Å². The molecular weight excluding hydrogens is 1050 g/mol. The van der Waals surface area contributed by atoms with Crippen LogP contribution in [0.3, 0.4) is 0 Å². The maximum atomic E-state index is 12.5. The Bertz CT molecular complexity index is 1440. The van der Waals surface area contributed by atoms with E-state index in [1.165, 1.54) is 347 Å². The number of aliphatic hydroxyl groups excluding tert-OH is 2. The highest BCUT2D eigenvalue weighted by Crippen LogP contribution is 2.19. The number of carbonyl (C=O) groups is 2. The van der Waals surface area contributed by atoms with E-state index in [-0.39, 0.29) is 18.5 Å². The molecule has 0 radical (unpaired) electrons. The molecule has 6 nitrogen and oxygen atoms in total. The summed E-state index contributed by atoms with van der Waals surface area (Å²) in [7, 11) is 0. The van der Waals surface area contributed by atoms with Crippen LogP contribution in [-0.2, 0) is 14.3 Å². The Morgan fingerprint density at radius 2 is 0.581 bits per heavy atom. The highest BCUT2D eigenvalue weighted by Gasteiger charge is 2.18. The van der Waals surface area contributed by atoms with Crippen molar-refractivity contribution in [3.63, 3.8) is 0 Å². The number of nitrogens with one attached hydrogen (secondary N) is 1. The third-order valence-corrected chi connectivity index (χ3v) is 18.1. The monoisotopic (exact) mass is 1210 g/mol. The van der Waals surface area contributed by atoms with Crippen molar-refractivity contribution in [2.45, 2.75) is 437 Å². The van der Waals surface area contributed by atoms with E-state index >= 15 is 0 Å². The summed E-state index contributed by atoms with van der Waals surface area (Å²) in [5.41, 5.74) is 0. The van der Waals surface area contributed by atoms with Gasteiger partial charge in [-0.1, -0.05) is 371 Å². The van der Waals surface area contributed by atoms with Crippen LogP contribution in [0.4, 0.5) is 0 Å². The predicted molar refractivity (Wildman–Crippen MR) is 379 cm³/mol. The summed E-state index contributed by atoms with van der Waals surface area (Å²) < 4.78 is 5.51. The van der Waals surface area contributed by atoms with Crippen LogP contribution >= 0.6 is 0 Å². The first-order valence-electron chi connectivity index (χ1n) is 38.9. The summed E-state index contributed by atoms with van der Waals surface area (Å²) in [5.74, 6) is -0.0532. The van der Waals surface area contributed by atoms with Gasteiger partial charge in [0.25, 0.3) is 0 Å². The number of aliphatic hydroxyl groups is 2. The average Bonchev–Trinajstić information content (AvgIpc) is 3.53. The number of hydrogen-bond donors (Lipinski definition) is 3. The molecule has 0 spiro atoms. The topological polar surface area (TPSA) is 95.9 Å². The predicted octanol–water partition coefficient (Wildman–Crippen LogP) is 25.6. The Balaban J connectivity index is 3.40. The molecule has 6 heteroatoms. The molecule has 0 aromatic heterocycles. The van der Waals surface area contributed by atoms with Gasteiger partial charge in [-0.05, 0) is 89.9 Å². The minimum atomic E-state index is -0.847. The van der Waals surface area contributed by atoms with Crippen molar-refractivity contribution in [1.29, 1.82) is 0 Å². The summed E-state index contributed by atoms with van der Waals surface area (Å²) in [4.78, 5) is 24.7. The lowest BCUT2D eigenvalue weighted by atomic mass is 10.0. The fourth-order valence-corrected chi connectivity index (χ4v) is 12.1. The van der Waals surface area contributed by atoms with Crippen LogP contribution in [0.2, 0.25) is 0 Å². The van der Waals surface area contributed by atoms with Crippen molar-refractivity contribution in [2.75, 3.05) is 13.2 Å². The fourth-order valence-electron chi connectivity index (χ4n) is 12.1. The third-order valence-electron chi connectivity index (χ3n) is 18.1. The lowest BCUT2D eigenvalue weighted by Crippen LogP contribution is -2.45. The van der Waals surface area contributed by atoms with Gasteiger partial charge in [-0.2, -0.15) is 0 Å². The molecule has 1 amide bonds. The standard InChI is InChI=1S/C80H151NO5/c1-3-5-7-9-11-13-15-17-19-21-23-24-30-33-37-40-44-48-52-56-60-64-68-72-78(83)77(76-82)81-79(84)73-69-65-61-57-53-49-45-41-38-34-31-28-26-25-27-29-32-35-39-43-47-51-55-59-63-67-71-75-86-80(85)74-70-66-62-58-54-50-46-42-36-22-20-18-16-14-12-10-8-6-4-2/h12,14,18,20,25-26,68,72,77-78,82-83H,3-11,13,15-17,19,21-24,27-67,69-71,73-76H2,1-2H3,(H,81,84)/b14-12-,20-18-,26-25-,72-68+. The number of allylic oxidation sites excluding steroid dienone is 7. The minimum absolute atomic E-state index is 0.0115. The van der Waals surface area contributed by atoms with E-state index in [1.54, 1.807) is 6.08 Å². The van der Waals surface area contributed by atoms with Gasteiger partial charge < -0.3 is 20.3 Å². The van der Waals surface area contributed by atoms with Crippen molar-refractivity contribution in [1.82, 2.24) is 5.32 Å². The molecule has 0 aliphatic rings. The summed E-state index contributed by atoms with van der Waals surface area (Å²) in [6.45, 7) is 4.92. The van der Waals surface area contributed by atoms with Crippen LogP contribution in [0.5, 0.6) is 0 Å². The van der Waals surface area contributed by atoms with Crippen molar-refractivity contribution >= 4 is 11.9 Å². The summed E-state index contributed by atoms with van der Waals surface area (Å²) in [5, 5.41) is 23.3. The molecule has 0 rings (SSSR count). The van der Waals surface area contributed by atoms with Crippen molar-refractivity contribution in [3.8, 4) is 0 Å². The van der Waals surface area contributed by atoms with Gasteiger partial charge in [-0.3, -0.25) is 9.59 Å². The van der Waals surface area contributed by atoms with Gasteiger partial charge in [-0.25, -0.2) is 0 Å². The van der Waals surface area contributed by atoms with Gasteiger partial charge in [0.2, 0.25) is 5.91 Å². The smallest absolute Gasteiger partial charge is 0.305 e. The Morgan fingerprint density at radius 1 is 0.326 bits per heavy atom. The molecular formula is C80H151NO5. The summed E-state index contributed by atoms with van der Waals surface area (Å²) in [6, 6.07) is -0.631. The number of rotatable bonds is 73. The molecule has 0 heterocycles. The molecule has 0 aliphatic heterocycles. The van der Waals surface area contributed by atoms with Crippen molar-refractivity contribution in [2.24, 2.45) is 0 Å². The first-order valence-corrected chi connectivity index (χ1v) is 38.9. The molecule has 506 valence electrons. The fraction of sp³-hybridized carbons (Fsp3) is 0.875. The number of esters is 1. The highest BCUT2D eigenvalue weighted by molar-refractivity contribution is 5.76. The first-order chi connectivity index (χ1) is 42.5. The quantitative estimate of drug-likeness (QED) is 0.0320. The Morgan fingerprint density at radius 3 is 0.919 bits per heavy atom. The third kappa shape index (κ3) is 70.9. The molecule has 0 bridgehead atoms. The van der Waals surface area contributed by atoms with Crippen LogP contribution in [0.25, 0.3) is 0 Å². The molecule has 0 saturated heterocycles. The zero-order chi connectivity index (χ0) is 62.0. The Labute approximate surface area is 537 Å². The largest absolute Gasteiger partial charge is 0.466 e. The number of unbranched alkanes of at least 4 members (excludes halogenated alkanes) is 56. The Hall–Kier alpha value is -2.18. The second kappa shape index (κ2) is 75.3. The normalized spacial score (nSPS) is 12.7. The molecule has 0 aliphatic carbocycles. The van der Waals surface area contributed by atoms with Crippen molar-refractivity contribution < 1.29 is 24.5 Å². The van der Waals surface area contributed by atoms with Crippen LogP contribution in [0, 0.1) is 0 Å². The van der Waals surface area contributed by atoms with Gasteiger partial charge in [-0.15, -0.1) is 0 Å². The number of hydrogen-bond acceptors (Lipinski definition) is 5. The molecule has 86 heavy (non-hydrogen) atoms. The molecule has 0 fully saturated rings. The van der Waals surface area contributed by atoms with E-state index in [1.807, 2.05) is 6.08 Å². The second-order valence-electron chi connectivity index (χ2n) is 26.7. The maximum Gasteiger partial charge on any atom is 0.305 e. The van der Waals surface area contributed by atoms with E-state index in [4.69, 9.17) is 4.74 Å². The molecule has 2 unspecified atom stereocenters. The summed E-state index contributed by atoms with van der Waals surface area (Å²) >= 11 is 0. The first kappa shape index (κ1) is 83.8. The highest BCUT2D eigenvalue weighted by atomic mass is 16.5. The minimum Gasteiger partial charge on any atom is -0.466 e. The molecule has 0 aromatic rings.